The monoisotopic (exact) mass is 246 g/mol. The van der Waals surface area contributed by atoms with E-state index in [2.05, 4.69) is 13.8 Å². The molecule has 0 heterocycles. The molecule has 0 aromatic rings. The van der Waals surface area contributed by atoms with Crippen molar-refractivity contribution in [1.82, 2.24) is 0 Å². The Kier molecular flexibility index (Phi) is 10.5. The van der Waals surface area contributed by atoms with Gasteiger partial charge in [0.2, 0.25) is 0 Å². The van der Waals surface area contributed by atoms with E-state index >= 15 is 0 Å². The third-order valence-corrected chi connectivity index (χ3v) is 2.77. The average molecular weight is 246 g/mol. The molecule has 0 fully saturated rings. The molecule has 15 heavy (non-hydrogen) atoms. The maximum absolute atomic E-state index is 5.41. The van der Waals surface area contributed by atoms with Gasteiger partial charge in [-0.2, -0.15) is 0 Å². The highest BCUT2D eigenvalue weighted by Crippen LogP contribution is 2.06. The third kappa shape index (κ3) is 10.3. The third-order valence-electron chi connectivity index (χ3n) is 2.20. The van der Waals surface area contributed by atoms with Crippen LogP contribution in [0.15, 0.2) is 0 Å². The van der Waals surface area contributed by atoms with E-state index < -0.39 is 0 Å². The molecule has 0 saturated heterocycles. The van der Waals surface area contributed by atoms with Crippen molar-refractivity contribution in [2.24, 2.45) is 0 Å². The molecule has 0 N–H and O–H groups in total. The Morgan fingerprint density at radius 1 is 0.800 bits per heavy atom. The largest absolute Gasteiger partial charge is 0.443 e. The fourth-order valence-electron chi connectivity index (χ4n) is 1.27. The molecule has 0 bridgehead atoms. The second-order valence-electron chi connectivity index (χ2n) is 3.76. The van der Waals surface area contributed by atoms with Crippen molar-refractivity contribution in [3.05, 3.63) is 0 Å². The Hall–Kier alpha value is -0.0200. The number of ether oxygens (including phenoxy) is 1. The number of unbranched alkanes of at least 4 members (excludes halogenated alkanes) is 4. The molecule has 0 rings (SSSR count). The van der Waals surface area contributed by atoms with Crippen LogP contribution in [-0.2, 0) is 4.74 Å². The molecule has 0 aromatic heterocycles. The summed E-state index contributed by atoms with van der Waals surface area (Å²) in [4.78, 5) is 0. The standard InChI is InChI=1S/C12H22OS2/c1-3-5-7-9-11(14)13-12(15)10-8-6-4-2/h3-10H2,1-2H3. The van der Waals surface area contributed by atoms with Crippen LogP contribution in [0.1, 0.15) is 65.2 Å². The molecule has 0 aliphatic heterocycles. The molecule has 1 nitrogen and oxygen atoms in total. The van der Waals surface area contributed by atoms with Gasteiger partial charge < -0.3 is 4.74 Å². The van der Waals surface area contributed by atoms with Crippen LogP contribution >= 0.6 is 24.4 Å². The summed E-state index contributed by atoms with van der Waals surface area (Å²) >= 11 is 10.2. The minimum absolute atomic E-state index is 0.671. The van der Waals surface area contributed by atoms with Crippen LogP contribution < -0.4 is 0 Å². The Bertz CT molecular complexity index is 170. The van der Waals surface area contributed by atoms with Gasteiger partial charge in [0.1, 0.15) is 0 Å². The molecule has 3 heteroatoms. The normalized spacial score (nSPS) is 10.0. The van der Waals surface area contributed by atoms with Crippen molar-refractivity contribution in [3.63, 3.8) is 0 Å². The highest BCUT2D eigenvalue weighted by molar-refractivity contribution is 7.81. The van der Waals surface area contributed by atoms with Crippen molar-refractivity contribution in [1.29, 1.82) is 0 Å². The summed E-state index contributed by atoms with van der Waals surface area (Å²) in [6.45, 7) is 4.36. The lowest BCUT2D eigenvalue weighted by atomic mass is 10.2. The van der Waals surface area contributed by atoms with Crippen LogP contribution in [0.4, 0.5) is 0 Å². The molecule has 0 unspecified atom stereocenters. The molecular weight excluding hydrogens is 224 g/mol. The van der Waals surface area contributed by atoms with Crippen LogP contribution in [0.3, 0.4) is 0 Å². The topological polar surface area (TPSA) is 9.23 Å². The summed E-state index contributed by atoms with van der Waals surface area (Å²) in [6, 6.07) is 0. The number of rotatable bonds is 8. The SMILES string of the molecule is CCCCCC(=S)OC(=S)CCCCC. The van der Waals surface area contributed by atoms with Gasteiger partial charge in [-0.3, -0.25) is 0 Å². The maximum atomic E-state index is 5.41. The van der Waals surface area contributed by atoms with E-state index in [4.69, 9.17) is 29.2 Å². The number of hydrogen-bond donors (Lipinski definition) is 0. The zero-order valence-electron chi connectivity index (χ0n) is 9.88. The summed E-state index contributed by atoms with van der Waals surface area (Å²) in [7, 11) is 0. The quantitative estimate of drug-likeness (QED) is 0.449. The minimum atomic E-state index is 0.671. The molecule has 0 radical (unpaired) electrons. The van der Waals surface area contributed by atoms with Gasteiger partial charge >= 0.3 is 0 Å². The van der Waals surface area contributed by atoms with Crippen molar-refractivity contribution < 1.29 is 4.74 Å². The Morgan fingerprint density at radius 3 is 1.53 bits per heavy atom. The smallest absolute Gasteiger partial charge is 0.168 e. The van der Waals surface area contributed by atoms with E-state index in [9.17, 15) is 0 Å². The minimum Gasteiger partial charge on any atom is -0.443 e. The lowest BCUT2D eigenvalue weighted by molar-refractivity contribution is 0.522. The zero-order valence-corrected chi connectivity index (χ0v) is 11.5. The molecule has 0 aliphatic rings. The van der Waals surface area contributed by atoms with Gasteiger partial charge in [0.25, 0.3) is 0 Å². The summed E-state index contributed by atoms with van der Waals surface area (Å²) in [5, 5.41) is 1.34. The van der Waals surface area contributed by atoms with Gasteiger partial charge in [-0.15, -0.1) is 0 Å². The molecule has 0 atom stereocenters. The van der Waals surface area contributed by atoms with Gasteiger partial charge in [0.15, 0.2) is 10.1 Å². The first-order valence-corrected chi connectivity index (χ1v) is 6.75. The zero-order chi connectivity index (χ0) is 11.5. The molecule has 0 saturated carbocycles. The van der Waals surface area contributed by atoms with E-state index in [-0.39, 0.29) is 0 Å². The first-order valence-electron chi connectivity index (χ1n) is 5.94. The molecule has 0 aliphatic carbocycles. The van der Waals surface area contributed by atoms with E-state index in [1.807, 2.05) is 0 Å². The van der Waals surface area contributed by atoms with E-state index in [1.165, 1.54) is 25.7 Å². The second-order valence-corrected chi connectivity index (χ2v) is 4.67. The Morgan fingerprint density at radius 2 is 1.20 bits per heavy atom. The van der Waals surface area contributed by atoms with Crippen molar-refractivity contribution in [2.75, 3.05) is 0 Å². The number of hydrogen-bond acceptors (Lipinski definition) is 3. The van der Waals surface area contributed by atoms with Crippen molar-refractivity contribution >= 4 is 34.5 Å². The summed E-state index contributed by atoms with van der Waals surface area (Å²) in [5.41, 5.74) is 0. The molecular formula is C12H22OS2. The van der Waals surface area contributed by atoms with Gasteiger partial charge in [0, 0.05) is 12.8 Å². The first kappa shape index (κ1) is 15.0. The second kappa shape index (κ2) is 10.5. The van der Waals surface area contributed by atoms with Crippen LogP contribution in [0.25, 0.3) is 0 Å². The number of thiocarbonyl (C=S) groups is 2. The molecule has 0 spiro atoms. The molecule has 0 amide bonds. The maximum Gasteiger partial charge on any atom is 0.168 e. The van der Waals surface area contributed by atoms with Gasteiger partial charge in [0.05, 0.1) is 0 Å². The van der Waals surface area contributed by atoms with Gasteiger partial charge in [-0.25, -0.2) is 0 Å². The summed E-state index contributed by atoms with van der Waals surface area (Å²) in [5.74, 6) is 0. The summed E-state index contributed by atoms with van der Waals surface area (Å²) in [6.07, 6.45) is 8.83. The fourth-order valence-corrected chi connectivity index (χ4v) is 1.81. The van der Waals surface area contributed by atoms with Gasteiger partial charge in [-0.1, -0.05) is 39.5 Å². The van der Waals surface area contributed by atoms with Crippen molar-refractivity contribution in [2.45, 2.75) is 65.2 Å². The van der Waals surface area contributed by atoms with E-state index in [1.54, 1.807) is 0 Å². The molecule has 88 valence electrons. The highest BCUT2D eigenvalue weighted by Gasteiger charge is 2.02. The van der Waals surface area contributed by atoms with Crippen LogP contribution in [-0.4, -0.2) is 10.1 Å². The van der Waals surface area contributed by atoms with Crippen LogP contribution in [0, 0.1) is 0 Å². The highest BCUT2D eigenvalue weighted by atomic mass is 32.1. The first-order chi connectivity index (χ1) is 7.20. The Labute approximate surface area is 105 Å². The summed E-state index contributed by atoms with van der Waals surface area (Å²) < 4.78 is 5.41. The fraction of sp³-hybridized carbons (Fsp3) is 0.833. The molecule has 0 aromatic carbocycles. The van der Waals surface area contributed by atoms with Gasteiger partial charge in [-0.05, 0) is 37.3 Å². The predicted octanol–water partition coefficient (Wildman–Crippen LogP) is 4.82. The van der Waals surface area contributed by atoms with E-state index in [0.717, 1.165) is 25.7 Å². The van der Waals surface area contributed by atoms with Crippen molar-refractivity contribution in [3.8, 4) is 0 Å². The average Bonchev–Trinajstić information content (AvgIpc) is 2.18. The lowest BCUT2D eigenvalue weighted by Gasteiger charge is -2.07. The predicted molar refractivity (Wildman–Crippen MR) is 74.6 cm³/mol. The van der Waals surface area contributed by atoms with E-state index in [0.29, 0.717) is 10.1 Å². The Balaban J connectivity index is 3.45. The lowest BCUT2D eigenvalue weighted by Crippen LogP contribution is -2.08. The van der Waals surface area contributed by atoms with Crippen LogP contribution in [0.5, 0.6) is 0 Å². The van der Waals surface area contributed by atoms with Crippen LogP contribution in [0.2, 0.25) is 0 Å².